The Morgan fingerprint density at radius 3 is 1.77 bits per heavy atom. The fraction of sp³-hybridized carbons (Fsp3) is 0. The number of benzene rings is 9. The molecule has 0 atom stereocenters. The molecule has 224 valence electrons. The van der Waals surface area contributed by atoms with Gasteiger partial charge >= 0.3 is 0 Å². The summed E-state index contributed by atoms with van der Waals surface area (Å²) in [6.07, 6.45) is 0. The second-order valence-corrected chi connectivity index (χ2v) is 13.6. The van der Waals surface area contributed by atoms with Gasteiger partial charge in [-0.1, -0.05) is 133 Å². The quantitative estimate of drug-likeness (QED) is 0.176. The molecule has 0 aliphatic carbocycles. The molecule has 10 aromatic rings. The number of nitrogens with zero attached hydrogens (tertiary/aromatic N) is 1. The van der Waals surface area contributed by atoms with E-state index in [-0.39, 0.29) is 0 Å². The fourth-order valence-electron chi connectivity index (χ4n) is 7.58. The molecular weight excluding hydrogens is 599 g/mol. The highest BCUT2D eigenvalue weighted by molar-refractivity contribution is 7.26. The van der Waals surface area contributed by atoms with Crippen LogP contribution in [0, 0.1) is 0 Å². The maximum atomic E-state index is 2.45. The van der Waals surface area contributed by atoms with Crippen LogP contribution in [-0.2, 0) is 0 Å². The Morgan fingerprint density at radius 2 is 0.938 bits per heavy atom. The van der Waals surface area contributed by atoms with E-state index in [0.717, 1.165) is 11.4 Å². The minimum absolute atomic E-state index is 1.13. The predicted molar refractivity (Wildman–Crippen MR) is 209 cm³/mol. The van der Waals surface area contributed by atoms with E-state index < -0.39 is 0 Å². The van der Waals surface area contributed by atoms with Gasteiger partial charge in [0.15, 0.2) is 0 Å². The van der Waals surface area contributed by atoms with Crippen LogP contribution in [0.25, 0.3) is 74.4 Å². The van der Waals surface area contributed by atoms with E-state index in [2.05, 4.69) is 181 Å². The summed E-state index contributed by atoms with van der Waals surface area (Å²) in [7, 11) is 0. The summed E-state index contributed by atoms with van der Waals surface area (Å²) in [5, 5.41) is 12.7. The third-order valence-corrected chi connectivity index (χ3v) is 11.0. The van der Waals surface area contributed by atoms with E-state index in [0.29, 0.717) is 0 Å². The molecule has 0 saturated heterocycles. The van der Waals surface area contributed by atoms with Gasteiger partial charge in [-0.25, -0.2) is 0 Å². The second-order valence-electron chi connectivity index (χ2n) is 12.5. The molecule has 1 nitrogen and oxygen atoms in total. The van der Waals surface area contributed by atoms with Gasteiger partial charge in [0.05, 0.1) is 5.69 Å². The first-order chi connectivity index (χ1) is 23.8. The van der Waals surface area contributed by atoms with Crippen molar-refractivity contribution in [2.75, 3.05) is 4.90 Å². The van der Waals surface area contributed by atoms with Crippen molar-refractivity contribution < 1.29 is 0 Å². The molecule has 10 rings (SSSR count). The average Bonchev–Trinajstić information content (AvgIpc) is 3.54. The molecule has 9 aromatic carbocycles. The number of anilines is 3. The van der Waals surface area contributed by atoms with Gasteiger partial charge in [-0.3, -0.25) is 0 Å². The van der Waals surface area contributed by atoms with E-state index >= 15 is 0 Å². The molecule has 1 heterocycles. The molecule has 0 amide bonds. The predicted octanol–water partition coefficient (Wildman–Crippen LogP) is 13.8. The van der Waals surface area contributed by atoms with Crippen molar-refractivity contribution in [1.29, 1.82) is 0 Å². The lowest BCUT2D eigenvalue weighted by atomic mass is 9.96. The molecule has 0 spiro atoms. The Kier molecular flexibility index (Phi) is 6.12. The SMILES string of the molecule is c1ccc2c(-c3ccc(N(c4ccc5ccc6c7ccccc7ccc6c5c4)c4cccc5sc6ccccc6c45)cc3)cccc2c1. The van der Waals surface area contributed by atoms with Crippen LogP contribution in [0.4, 0.5) is 17.1 Å². The Hall–Kier alpha value is -5.96. The van der Waals surface area contributed by atoms with Gasteiger partial charge in [0.2, 0.25) is 0 Å². The van der Waals surface area contributed by atoms with Gasteiger partial charge in [-0.2, -0.15) is 0 Å². The van der Waals surface area contributed by atoms with Crippen LogP contribution in [0.5, 0.6) is 0 Å². The summed E-state index contributed by atoms with van der Waals surface area (Å²) in [5.41, 5.74) is 5.93. The van der Waals surface area contributed by atoms with E-state index in [1.165, 1.54) is 80.1 Å². The second kappa shape index (κ2) is 10.8. The van der Waals surface area contributed by atoms with Gasteiger partial charge in [-0.05, 0) is 96.7 Å². The number of hydrogen-bond acceptors (Lipinski definition) is 2. The molecule has 0 N–H and O–H groups in total. The molecule has 48 heavy (non-hydrogen) atoms. The fourth-order valence-corrected chi connectivity index (χ4v) is 8.71. The lowest BCUT2D eigenvalue weighted by Crippen LogP contribution is -2.10. The molecule has 0 bridgehead atoms. The van der Waals surface area contributed by atoms with Crippen molar-refractivity contribution in [3.63, 3.8) is 0 Å². The maximum absolute atomic E-state index is 2.45. The molecule has 2 heteroatoms. The standard InChI is InChI=1S/C46H29NS/c1-3-12-36-30(9-1)11-7-15-37(36)32-19-24-34(25-20-32)47(43-16-8-18-45-46(43)41-14-5-6-17-44(41)48-45)35-26-21-33-23-27-39-38-13-4-2-10-31(38)22-28-40(39)42(33)29-35/h1-29H. The third-order valence-electron chi connectivity index (χ3n) is 9.83. The van der Waals surface area contributed by atoms with Crippen LogP contribution in [0.15, 0.2) is 176 Å². The summed E-state index contributed by atoms with van der Waals surface area (Å²) in [6.45, 7) is 0. The summed E-state index contributed by atoms with van der Waals surface area (Å²) in [5.74, 6) is 0. The number of thiophene rings is 1. The Balaban J connectivity index is 1.21. The highest BCUT2D eigenvalue weighted by atomic mass is 32.1. The Labute approximate surface area is 282 Å². The maximum Gasteiger partial charge on any atom is 0.0554 e. The van der Waals surface area contributed by atoms with Gasteiger partial charge in [0, 0.05) is 31.5 Å². The topological polar surface area (TPSA) is 3.24 Å². The van der Waals surface area contributed by atoms with Crippen molar-refractivity contribution in [2.45, 2.75) is 0 Å². The summed E-state index contributed by atoms with van der Waals surface area (Å²) >= 11 is 1.86. The first kappa shape index (κ1) is 27.2. The van der Waals surface area contributed by atoms with Crippen LogP contribution in [0.1, 0.15) is 0 Å². The van der Waals surface area contributed by atoms with Crippen molar-refractivity contribution in [3.8, 4) is 11.1 Å². The highest BCUT2D eigenvalue weighted by Crippen LogP contribution is 2.46. The molecule has 0 radical (unpaired) electrons. The van der Waals surface area contributed by atoms with Gasteiger partial charge < -0.3 is 4.90 Å². The average molecular weight is 628 g/mol. The van der Waals surface area contributed by atoms with Gasteiger partial charge in [-0.15, -0.1) is 11.3 Å². The summed E-state index contributed by atoms with van der Waals surface area (Å²) in [6, 6.07) is 64.6. The summed E-state index contributed by atoms with van der Waals surface area (Å²) in [4.78, 5) is 2.45. The normalized spacial score (nSPS) is 11.8. The first-order valence-electron chi connectivity index (χ1n) is 16.4. The van der Waals surface area contributed by atoms with Crippen LogP contribution >= 0.6 is 11.3 Å². The zero-order chi connectivity index (χ0) is 31.6. The van der Waals surface area contributed by atoms with Crippen LogP contribution in [-0.4, -0.2) is 0 Å². The van der Waals surface area contributed by atoms with E-state index in [1.807, 2.05) is 11.3 Å². The van der Waals surface area contributed by atoms with E-state index in [9.17, 15) is 0 Å². The van der Waals surface area contributed by atoms with Crippen molar-refractivity contribution in [1.82, 2.24) is 0 Å². The third kappa shape index (κ3) is 4.24. The van der Waals surface area contributed by atoms with Crippen LogP contribution in [0.3, 0.4) is 0 Å². The number of hydrogen-bond donors (Lipinski definition) is 0. The van der Waals surface area contributed by atoms with Crippen LogP contribution < -0.4 is 4.90 Å². The first-order valence-corrected chi connectivity index (χ1v) is 17.2. The van der Waals surface area contributed by atoms with Crippen molar-refractivity contribution in [2.24, 2.45) is 0 Å². The molecule has 1 aromatic heterocycles. The molecule has 0 aliphatic rings. The largest absolute Gasteiger partial charge is 0.310 e. The molecule has 0 unspecified atom stereocenters. The lowest BCUT2D eigenvalue weighted by Gasteiger charge is -2.27. The van der Waals surface area contributed by atoms with E-state index in [1.54, 1.807) is 0 Å². The van der Waals surface area contributed by atoms with Gasteiger partial charge in [0.25, 0.3) is 0 Å². The molecule has 0 aliphatic heterocycles. The minimum Gasteiger partial charge on any atom is -0.310 e. The van der Waals surface area contributed by atoms with Crippen LogP contribution in [0.2, 0.25) is 0 Å². The van der Waals surface area contributed by atoms with Crippen molar-refractivity contribution in [3.05, 3.63) is 176 Å². The van der Waals surface area contributed by atoms with Crippen molar-refractivity contribution >= 4 is 91.7 Å². The molecular formula is C46H29NS. The number of rotatable bonds is 4. The monoisotopic (exact) mass is 627 g/mol. The van der Waals surface area contributed by atoms with E-state index in [4.69, 9.17) is 0 Å². The Bertz CT molecular complexity index is 2840. The minimum atomic E-state index is 1.13. The zero-order valence-corrected chi connectivity index (χ0v) is 26.9. The lowest BCUT2D eigenvalue weighted by molar-refractivity contribution is 1.31. The van der Waals surface area contributed by atoms with Gasteiger partial charge in [0.1, 0.15) is 0 Å². The summed E-state index contributed by atoms with van der Waals surface area (Å²) < 4.78 is 2.60. The zero-order valence-electron chi connectivity index (χ0n) is 26.1. The Morgan fingerprint density at radius 1 is 0.354 bits per heavy atom. The molecule has 0 saturated carbocycles. The highest BCUT2D eigenvalue weighted by Gasteiger charge is 2.19. The molecule has 0 fully saturated rings. The smallest absolute Gasteiger partial charge is 0.0554 e. The number of fused-ring (bicyclic) bond motifs is 9.